The molecular weight excluding hydrogens is 224 g/mol. The Kier molecular flexibility index (Phi) is 6.09. The van der Waals surface area contributed by atoms with Gasteiger partial charge in [0.2, 0.25) is 0 Å². The molecule has 1 aliphatic rings. The van der Waals surface area contributed by atoms with E-state index in [2.05, 4.69) is 51.9 Å². The van der Waals surface area contributed by atoms with Crippen LogP contribution in [0.15, 0.2) is 0 Å². The lowest BCUT2D eigenvalue weighted by Gasteiger charge is -2.44. The maximum atomic E-state index is 5.62. The summed E-state index contributed by atoms with van der Waals surface area (Å²) in [4.78, 5) is 2.47. The fraction of sp³-hybridized carbons (Fsp3) is 1.00. The Labute approximate surface area is 113 Å². The van der Waals surface area contributed by atoms with E-state index in [9.17, 15) is 0 Å². The van der Waals surface area contributed by atoms with Crippen molar-refractivity contribution in [3.63, 3.8) is 0 Å². The molecule has 1 fully saturated rings. The van der Waals surface area contributed by atoms with Gasteiger partial charge in [0.05, 0.1) is 12.7 Å². The molecule has 0 aromatic carbocycles. The molecule has 0 aromatic heterocycles. The van der Waals surface area contributed by atoms with Crippen LogP contribution in [-0.4, -0.2) is 49.3 Å². The van der Waals surface area contributed by atoms with Crippen LogP contribution < -0.4 is 5.32 Å². The predicted octanol–water partition coefficient (Wildman–Crippen LogP) is 2.51. The minimum Gasteiger partial charge on any atom is -0.377 e. The van der Waals surface area contributed by atoms with E-state index < -0.39 is 0 Å². The van der Waals surface area contributed by atoms with E-state index >= 15 is 0 Å². The molecule has 0 spiro atoms. The van der Waals surface area contributed by atoms with Gasteiger partial charge in [0.1, 0.15) is 0 Å². The molecule has 18 heavy (non-hydrogen) atoms. The first-order valence-corrected chi connectivity index (χ1v) is 7.36. The van der Waals surface area contributed by atoms with Crippen LogP contribution in [0.5, 0.6) is 0 Å². The topological polar surface area (TPSA) is 24.5 Å². The first-order valence-electron chi connectivity index (χ1n) is 7.36. The number of ether oxygens (including phenoxy) is 1. The summed E-state index contributed by atoms with van der Waals surface area (Å²) >= 11 is 0. The maximum Gasteiger partial charge on any atom is 0.0596 e. The van der Waals surface area contributed by atoms with Gasteiger partial charge in [-0.2, -0.15) is 0 Å². The van der Waals surface area contributed by atoms with Crippen molar-refractivity contribution in [3.8, 4) is 0 Å². The van der Waals surface area contributed by atoms with Crippen LogP contribution in [0.1, 0.15) is 47.5 Å². The quantitative estimate of drug-likeness (QED) is 0.757. The summed E-state index contributed by atoms with van der Waals surface area (Å²) in [6, 6.07) is 0.746. The van der Waals surface area contributed by atoms with Gasteiger partial charge in [-0.15, -0.1) is 0 Å². The highest BCUT2D eigenvalue weighted by Crippen LogP contribution is 2.31. The molecule has 2 unspecified atom stereocenters. The molecule has 1 aliphatic carbocycles. The van der Waals surface area contributed by atoms with Crippen molar-refractivity contribution in [2.24, 2.45) is 5.92 Å². The molecule has 0 aromatic rings. The number of nitrogens with one attached hydrogen (secondary N) is 1. The summed E-state index contributed by atoms with van der Waals surface area (Å²) in [6.07, 6.45) is 3.05. The lowest BCUT2D eigenvalue weighted by atomic mass is 9.78. The predicted molar refractivity (Wildman–Crippen MR) is 78.0 cm³/mol. The summed E-state index contributed by atoms with van der Waals surface area (Å²) in [5.74, 6) is 0.813. The second-order valence-corrected chi connectivity index (χ2v) is 6.94. The van der Waals surface area contributed by atoms with Gasteiger partial charge >= 0.3 is 0 Å². The summed E-state index contributed by atoms with van der Waals surface area (Å²) in [5.41, 5.74) is 0.236. The van der Waals surface area contributed by atoms with Gasteiger partial charge in [0, 0.05) is 18.1 Å². The Bertz CT molecular complexity index is 235. The third-order valence-corrected chi connectivity index (χ3v) is 3.73. The highest BCUT2D eigenvalue weighted by atomic mass is 16.5. The summed E-state index contributed by atoms with van der Waals surface area (Å²) in [5, 5.41) is 3.63. The zero-order valence-corrected chi connectivity index (χ0v) is 13.1. The largest absolute Gasteiger partial charge is 0.377 e. The van der Waals surface area contributed by atoms with Crippen LogP contribution in [0, 0.1) is 5.92 Å². The van der Waals surface area contributed by atoms with Crippen molar-refractivity contribution >= 4 is 0 Å². The molecule has 0 bridgehead atoms. The number of hydrogen-bond donors (Lipinski definition) is 1. The van der Waals surface area contributed by atoms with Crippen LogP contribution in [-0.2, 0) is 4.74 Å². The molecule has 0 amide bonds. The van der Waals surface area contributed by atoms with Crippen LogP contribution in [0.25, 0.3) is 0 Å². The second kappa shape index (κ2) is 6.88. The molecule has 108 valence electrons. The van der Waals surface area contributed by atoms with E-state index in [1.807, 2.05) is 0 Å². The smallest absolute Gasteiger partial charge is 0.0596 e. The average molecular weight is 256 g/mol. The van der Waals surface area contributed by atoms with E-state index in [0.717, 1.165) is 31.7 Å². The van der Waals surface area contributed by atoms with Gasteiger partial charge in [-0.3, -0.25) is 0 Å². The highest BCUT2D eigenvalue weighted by molar-refractivity contribution is 4.90. The number of likely N-dealkylation sites (N-methyl/N-ethyl adjacent to an activating group) is 1. The Balaban J connectivity index is 2.21. The fourth-order valence-electron chi connectivity index (χ4n) is 2.41. The Morgan fingerprint density at radius 1 is 1.28 bits per heavy atom. The summed E-state index contributed by atoms with van der Waals surface area (Å²) < 4.78 is 5.62. The van der Waals surface area contributed by atoms with Gasteiger partial charge in [-0.05, 0) is 67.0 Å². The van der Waals surface area contributed by atoms with Crippen molar-refractivity contribution in [2.45, 2.75) is 65.1 Å². The van der Waals surface area contributed by atoms with Gasteiger partial charge in [-0.1, -0.05) is 0 Å². The Morgan fingerprint density at radius 2 is 1.94 bits per heavy atom. The normalized spacial score (nSPS) is 24.7. The van der Waals surface area contributed by atoms with Gasteiger partial charge in [-0.25, -0.2) is 0 Å². The van der Waals surface area contributed by atoms with E-state index in [1.54, 1.807) is 0 Å². The van der Waals surface area contributed by atoms with Gasteiger partial charge in [0.25, 0.3) is 0 Å². The Hall–Kier alpha value is -0.120. The molecule has 1 N–H and O–H groups in total. The third kappa shape index (κ3) is 5.68. The van der Waals surface area contributed by atoms with E-state index in [1.165, 1.54) is 12.8 Å². The molecular formula is C15H32N2O. The van der Waals surface area contributed by atoms with E-state index in [0.29, 0.717) is 6.10 Å². The van der Waals surface area contributed by atoms with Crippen LogP contribution in [0.2, 0.25) is 0 Å². The van der Waals surface area contributed by atoms with Crippen molar-refractivity contribution in [2.75, 3.05) is 26.7 Å². The summed E-state index contributed by atoms with van der Waals surface area (Å²) in [6.45, 7) is 13.9. The minimum atomic E-state index is 0.236. The highest BCUT2D eigenvalue weighted by Gasteiger charge is 2.33. The molecule has 0 aliphatic heterocycles. The monoisotopic (exact) mass is 256 g/mol. The Morgan fingerprint density at radius 3 is 2.39 bits per heavy atom. The second-order valence-electron chi connectivity index (χ2n) is 6.94. The summed E-state index contributed by atoms with van der Waals surface area (Å²) in [7, 11) is 2.23. The van der Waals surface area contributed by atoms with Crippen molar-refractivity contribution in [1.29, 1.82) is 0 Å². The molecule has 2 atom stereocenters. The SMILES string of the molecule is CC(C)OCCN(C)C1CCC1CNC(C)(C)C. The van der Waals surface area contributed by atoms with E-state index in [4.69, 9.17) is 4.74 Å². The number of rotatable bonds is 7. The standard InChI is InChI=1S/C15H32N2O/c1-12(2)18-10-9-17(6)14-8-7-13(14)11-16-15(3,4)5/h12-14,16H,7-11H2,1-6H3. The van der Waals surface area contributed by atoms with Crippen molar-refractivity contribution < 1.29 is 4.74 Å². The van der Waals surface area contributed by atoms with Crippen molar-refractivity contribution in [1.82, 2.24) is 10.2 Å². The van der Waals surface area contributed by atoms with Crippen LogP contribution >= 0.6 is 0 Å². The first kappa shape index (κ1) is 15.9. The van der Waals surface area contributed by atoms with Gasteiger partial charge in [0.15, 0.2) is 0 Å². The molecule has 1 saturated carbocycles. The molecule has 0 radical (unpaired) electrons. The molecule has 3 heteroatoms. The van der Waals surface area contributed by atoms with E-state index in [-0.39, 0.29) is 5.54 Å². The van der Waals surface area contributed by atoms with Crippen LogP contribution in [0.4, 0.5) is 0 Å². The van der Waals surface area contributed by atoms with Crippen LogP contribution in [0.3, 0.4) is 0 Å². The molecule has 3 nitrogen and oxygen atoms in total. The first-order chi connectivity index (χ1) is 8.29. The zero-order valence-electron chi connectivity index (χ0n) is 13.1. The number of hydrogen-bond acceptors (Lipinski definition) is 3. The average Bonchev–Trinajstić information content (AvgIpc) is 2.13. The minimum absolute atomic E-state index is 0.236. The lowest BCUT2D eigenvalue weighted by molar-refractivity contribution is 0.0251. The molecule has 1 rings (SSSR count). The fourth-order valence-corrected chi connectivity index (χ4v) is 2.41. The van der Waals surface area contributed by atoms with Gasteiger partial charge < -0.3 is 15.0 Å². The lowest BCUT2D eigenvalue weighted by Crippen LogP contribution is -2.52. The zero-order chi connectivity index (χ0) is 13.8. The number of nitrogens with zero attached hydrogens (tertiary/aromatic N) is 1. The third-order valence-electron chi connectivity index (χ3n) is 3.73. The maximum absolute atomic E-state index is 5.62. The van der Waals surface area contributed by atoms with Crippen molar-refractivity contribution in [3.05, 3.63) is 0 Å². The molecule has 0 saturated heterocycles. The molecule has 0 heterocycles.